The molecule has 1 aromatic heterocycles. The normalized spacial score (nSPS) is 18.1. The summed E-state index contributed by atoms with van der Waals surface area (Å²) in [5.41, 5.74) is 2.05. The second-order valence-electron chi connectivity index (χ2n) is 6.45. The molecule has 1 heterocycles. The van der Waals surface area contributed by atoms with E-state index in [-0.39, 0.29) is 16.9 Å². The molecule has 1 N–H and O–H groups in total. The molecule has 0 bridgehead atoms. The quantitative estimate of drug-likeness (QED) is 0.924. The highest BCUT2D eigenvalue weighted by molar-refractivity contribution is 7.92. The van der Waals surface area contributed by atoms with E-state index in [2.05, 4.69) is 9.82 Å². The fraction of sp³-hybridized carbons (Fsp3) is 0.412. The van der Waals surface area contributed by atoms with E-state index in [0.29, 0.717) is 17.7 Å². The highest BCUT2D eigenvalue weighted by Gasteiger charge is 2.28. The first kappa shape index (κ1) is 15.4. The number of anilines is 1. The molecule has 1 fully saturated rings. The molecule has 0 unspecified atom stereocenters. The maximum absolute atomic E-state index is 12.7. The molecule has 2 aromatic rings. The number of benzene rings is 1. The molecule has 4 rings (SSSR count). The van der Waals surface area contributed by atoms with E-state index < -0.39 is 10.0 Å². The van der Waals surface area contributed by atoms with E-state index in [0.717, 1.165) is 37.7 Å². The van der Waals surface area contributed by atoms with Crippen LogP contribution in [0.2, 0.25) is 0 Å². The van der Waals surface area contributed by atoms with Crippen LogP contribution < -0.4 is 4.72 Å². The number of fused-ring (bicyclic) bond motifs is 1. The lowest BCUT2D eigenvalue weighted by atomic mass is 9.90. The standard InChI is InChI=1S/C17H19N3O3S/c21-16-6-1-3-12-7-8-13(11-15(12)16)19-24(22,23)17-9-10-18-20(17)14-4-2-5-14/h7-11,14,19H,1-6H2. The number of hydrogen-bond acceptors (Lipinski definition) is 4. The van der Waals surface area contributed by atoms with Gasteiger partial charge in [-0.1, -0.05) is 6.07 Å². The summed E-state index contributed by atoms with van der Waals surface area (Å²) in [5.74, 6) is 0.0804. The van der Waals surface area contributed by atoms with Crippen LogP contribution in [0.15, 0.2) is 35.5 Å². The highest BCUT2D eigenvalue weighted by Crippen LogP contribution is 2.33. The molecule has 0 spiro atoms. The van der Waals surface area contributed by atoms with Crippen molar-refractivity contribution >= 4 is 21.5 Å². The Morgan fingerprint density at radius 3 is 2.71 bits per heavy atom. The van der Waals surface area contributed by atoms with E-state index >= 15 is 0 Å². The number of carbonyl (C=O) groups excluding carboxylic acids is 1. The first-order valence-electron chi connectivity index (χ1n) is 8.27. The third-order valence-corrected chi connectivity index (χ3v) is 6.22. The van der Waals surface area contributed by atoms with Crippen LogP contribution in [-0.2, 0) is 16.4 Å². The zero-order valence-corrected chi connectivity index (χ0v) is 14.1. The summed E-state index contributed by atoms with van der Waals surface area (Å²) >= 11 is 0. The lowest BCUT2D eigenvalue weighted by Gasteiger charge is -2.27. The van der Waals surface area contributed by atoms with Crippen molar-refractivity contribution in [3.63, 3.8) is 0 Å². The van der Waals surface area contributed by atoms with Crippen LogP contribution in [0, 0.1) is 0 Å². The minimum absolute atomic E-state index is 0.0804. The van der Waals surface area contributed by atoms with E-state index in [4.69, 9.17) is 0 Å². The summed E-state index contributed by atoms with van der Waals surface area (Å²) in [7, 11) is -3.73. The maximum atomic E-state index is 12.7. The van der Waals surface area contributed by atoms with E-state index in [1.807, 2.05) is 6.07 Å². The SMILES string of the molecule is O=C1CCCc2ccc(NS(=O)(=O)c3ccnn3C3CCC3)cc21. The van der Waals surface area contributed by atoms with Crippen LogP contribution in [0.4, 0.5) is 5.69 Å². The van der Waals surface area contributed by atoms with Crippen LogP contribution in [-0.4, -0.2) is 24.0 Å². The topological polar surface area (TPSA) is 81.1 Å². The molecule has 0 aliphatic heterocycles. The van der Waals surface area contributed by atoms with Crippen LogP contribution in [0.3, 0.4) is 0 Å². The number of nitrogens with zero attached hydrogens (tertiary/aromatic N) is 2. The summed E-state index contributed by atoms with van der Waals surface area (Å²) in [6, 6.07) is 6.89. The molecule has 126 valence electrons. The Morgan fingerprint density at radius 1 is 1.12 bits per heavy atom. The third kappa shape index (κ3) is 2.62. The van der Waals surface area contributed by atoms with Crippen LogP contribution in [0.1, 0.15) is 54.1 Å². The number of carbonyl (C=O) groups is 1. The fourth-order valence-electron chi connectivity index (χ4n) is 3.32. The number of ketones is 1. The largest absolute Gasteiger partial charge is 0.294 e. The smallest absolute Gasteiger partial charge is 0.279 e. The van der Waals surface area contributed by atoms with Gasteiger partial charge in [0, 0.05) is 17.7 Å². The Bertz CT molecular complexity index is 898. The number of nitrogens with one attached hydrogen (secondary N) is 1. The Kier molecular flexibility index (Phi) is 3.68. The molecular weight excluding hydrogens is 326 g/mol. The molecule has 0 atom stereocenters. The van der Waals surface area contributed by atoms with Gasteiger partial charge in [-0.25, -0.2) is 4.68 Å². The Hall–Kier alpha value is -2.15. The van der Waals surface area contributed by atoms with Crippen molar-refractivity contribution in [1.29, 1.82) is 0 Å². The molecule has 6 nitrogen and oxygen atoms in total. The van der Waals surface area contributed by atoms with Gasteiger partial charge in [0.15, 0.2) is 10.8 Å². The predicted molar refractivity (Wildman–Crippen MR) is 89.6 cm³/mol. The van der Waals surface area contributed by atoms with Crippen LogP contribution >= 0.6 is 0 Å². The molecule has 1 saturated carbocycles. The van der Waals surface area contributed by atoms with Gasteiger partial charge >= 0.3 is 0 Å². The molecular formula is C17H19N3O3S. The highest BCUT2D eigenvalue weighted by atomic mass is 32.2. The number of aryl methyl sites for hydroxylation is 1. The van der Waals surface area contributed by atoms with Gasteiger partial charge in [0.25, 0.3) is 10.0 Å². The van der Waals surface area contributed by atoms with Crippen LogP contribution in [0.25, 0.3) is 0 Å². The number of aromatic nitrogens is 2. The molecule has 0 amide bonds. The average molecular weight is 345 g/mol. The first-order chi connectivity index (χ1) is 11.5. The van der Waals surface area contributed by atoms with Crippen molar-refractivity contribution in [3.05, 3.63) is 41.6 Å². The van der Waals surface area contributed by atoms with Gasteiger partial charge in [-0.3, -0.25) is 9.52 Å². The second kappa shape index (κ2) is 5.73. The summed E-state index contributed by atoms with van der Waals surface area (Å²) in [6.45, 7) is 0. The molecule has 2 aliphatic carbocycles. The Morgan fingerprint density at radius 2 is 1.96 bits per heavy atom. The molecule has 1 aromatic carbocycles. The van der Waals surface area contributed by atoms with E-state index in [1.165, 1.54) is 12.3 Å². The lowest BCUT2D eigenvalue weighted by molar-refractivity contribution is 0.0972. The van der Waals surface area contributed by atoms with Gasteiger partial charge in [0.2, 0.25) is 0 Å². The molecule has 24 heavy (non-hydrogen) atoms. The van der Waals surface area contributed by atoms with Crippen molar-refractivity contribution < 1.29 is 13.2 Å². The summed E-state index contributed by atoms with van der Waals surface area (Å²) in [5, 5.41) is 4.35. The second-order valence-corrected chi connectivity index (χ2v) is 8.08. The van der Waals surface area contributed by atoms with Gasteiger partial charge in [0.05, 0.1) is 12.2 Å². The number of hydrogen-bond donors (Lipinski definition) is 1. The Balaban J connectivity index is 1.64. The van der Waals surface area contributed by atoms with Gasteiger partial charge < -0.3 is 0 Å². The van der Waals surface area contributed by atoms with Gasteiger partial charge in [-0.05, 0) is 55.9 Å². The first-order valence-corrected chi connectivity index (χ1v) is 9.75. The molecule has 0 radical (unpaired) electrons. The summed E-state index contributed by atoms with van der Waals surface area (Å²) < 4.78 is 29.6. The summed E-state index contributed by atoms with van der Waals surface area (Å²) in [4.78, 5) is 12.0. The van der Waals surface area contributed by atoms with E-state index in [1.54, 1.807) is 16.8 Å². The molecule has 7 heteroatoms. The van der Waals surface area contributed by atoms with Crippen molar-refractivity contribution in [2.45, 2.75) is 49.6 Å². The van der Waals surface area contributed by atoms with Gasteiger partial charge in [0.1, 0.15) is 0 Å². The number of Topliss-reactive ketones (excluding diaryl/α,β-unsaturated/α-hetero) is 1. The monoisotopic (exact) mass is 345 g/mol. The minimum atomic E-state index is -3.73. The molecule has 2 aliphatic rings. The van der Waals surface area contributed by atoms with Crippen LogP contribution in [0.5, 0.6) is 0 Å². The van der Waals surface area contributed by atoms with Crippen molar-refractivity contribution in [1.82, 2.24) is 9.78 Å². The van der Waals surface area contributed by atoms with Gasteiger partial charge in [-0.2, -0.15) is 13.5 Å². The third-order valence-electron chi connectivity index (χ3n) is 4.84. The van der Waals surface area contributed by atoms with Crippen molar-refractivity contribution in [3.8, 4) is 0 Å². The van der Waals surface area contributed by atoms with E-state index in [9.17, 15) is 13.2 Å². The number of sulfonamides is 1. The minimum Gasteiger partial charge on any atom is -0.294 e. The summed E-state index contributed by atoms with van der Waals surface area (Å²) in [6.07, 6.45) is 6.78. The predicted octanol–water partition coefficient (Wildman–Crippen LogP) is 2.93. The Labute approximate surface area is 140 Å². The zero-order valence-electron chi connectivity index (χ0n) is 13.2. The van der Waals surface area contributed by atoms with Crippen molar-refractivity contribution in [2.75, 3.05) is 4.72 Å². The average Bonchev–Trinajstić information content (AvgIpc) is 2.96. The van der Waals surface area contributed by atoms with Gasteiger partial charge in [-0.15, -0.1) is 0 Å². The van der Waals surface area contributed by atoms with Crippen molar-refractivity contribution in [2.24, 2.45) is 0 Å². The fourth-order valence-corrected chi connectivity index (χ4v) is 4.54. The number of rotatable bonds is 4. The zero-order chi connectivity index (χ0) is 16.7. The maximum Gasteiger partial charge on any atom is 0.279 e. The molecule has 0 saturated heterocycles. The lowest BCUT2D eigenvalue weighted by Crippen LogP contribution is -2.25.